The van der Waals surface area contributed by atoms with E-state index in [1.165, 1.54) is 0 Å². The summed E-state index contributed by atoms with van der Waals surface area (Å²) in [6, 6.07) is 0. The van der Waals surface area contributed by atoms with Crippen molar-refractivity contribution < 1.29 is 0 Å². The molecule has 0 spiro atoms. The molecule has 0 saturated carbocycles. The molecule has 17 heavy (non-hydrogen) atoms. The molecule has 0 fully saturated rings. The average Bonchev–Trinajstić information content (AvgIpc) is 2.27. The van der Waals surface area contributed by atoms with Crippen molar-refractivity contribution in [2.45, 2.75) is 13.1 Å². The van der Waals surface area contributed by atoms with Gasteiger partial charge in [-0.05, 0) is 16.6 Å². The van der Waals surface area contributed by atoms with Gasteiger partial charge in [0, 0.05) is 33.2 Å². The number of nitrogens with zero attached hydrogens (tertiary/aromatic N) is 9. The standard InChI is InChI=1S/C5H12ClN9Si2/c1-16(2,6)17(3-10-13-7,4-11-14-8)5-12-15-9/h3-5H2,1-2H3. The van der Waals surface area contributed by atoms with Gasteiger partial charge >= 0.3 is 0 Å². The summed E-state index contributed by atoms with van der Waals surface area (Å²) in [5.41, 5.74) is 25.2. The van der Waals surface area contributed by atoms with Crippen LogP contribution in [0.4, 0.5) is 0 Å². The molecule has 0 aromatic rings. The van der Waals surface area contributed by atoms with Gasteiger partial charge in [-0.1, -0.05) is 28.4 Å². The Morgan fingerprint density at radius 1 is 0.882 bits per heavy atom. The number of hydrogen-bond acceptors (Lipinski definition) is 3. The highest BCUT2D eigenvalue weighted by Gasteiger charge is 2.46. The van der Waals surface area contributed by atoms with E-state index in [1.54, 1.807) is 0 Å². The summed E-state index contributed by atoms with van der Waals surface area (Å²) < 4.78 is 0. The minimum absolute atomic E-state index is 0.185. The van der Waals surface area contributed by atoms with E-state index >= 15 is 0 Å². The number of azide groups is 3. The van der Waals surface area contributed by atoms with E-state index in [4.69, 9.17) is 27.7 Å². The van der Waals surface area contributed by atoms with Gasteiger partial charge in [0.2, 0.25) is 0 Å². The largest absolute Gasteiger partial charge is 0.171 e. The monoisotopic (exact) mass is 289 g/mol. The summed E-state index contributed by atoms with van der Waals surface area (Å²) in [7, 11) is -2.42. The zero-order valence-corrected chi connectivity index (χ0v) is 12.3. The van der Waals surface area contributed by atoms with Crippen molar-refractivity contribution in [3.8, 4) is 0 Å². The topological polar surface area (TPSA) is 146 Å². The van der Waals surface area contributed by atoms with Crippen LogP contribution in [-0.2, 0) is 0 Å². The van der Waals surface area contributed by atoms with Crippen molar-refractivity contribution >= 4 is 25.6 Å². The van der Waals surface area contributed by atoms with Gasteiger partial charge < -0.3 is 0 Å². The molecule has 0 heterocycles. The summed E-state index contributed by atoms with van der Waals surface area (Å²) in [4.78, 5) is 8.11. The molecule has 0 amide bonds. The smallest absolute Gasteiger partial charge is 0.141 e. The highest BCUT2D eigenvalue weighted by molar-refractivity contribution is 7.59. The van der Waals surface area contributed by atoms with Crippen LogP contribution in [0.1, 0.15) is 0 Å². The molecule has 0 aromatic heterocycles. The first kappa shape index (κ1) is 15.7. The molecular weight excluding hydrogens is 278 g/mol. The highest BCUT2D eigenvalue weighted by Crippen LogP contribution is 2.25. The van der Waals surface area contributed by atoms with Gasteiger partial charge in [0.25, 0.3) is 0 Å². The first-order valence-electron chi connectivity index (χ1n) is 4.65. The molecule has 0 aliphatic rings. The van der Waals surface area contributed by atoms with Crippen LogP contribution in [-0.4, -0.2) is 33.0 Å². The van der Waals surface area contributed by atoms with Gasteiger partial charge in [-0.25, -0.2) is 0 Å². The van der Waals surface area contributed by atoms with E-state index in [0.29, 0.717) is 0 Å². The first-order valence-corrected chi connectivity index (χ1v) is 12.3. The lowest BCUT2D eigenvalue weighted by Gasteiger charge is -2.36. The fourth-order valence-electron chi connectivity index (χ4n) is 1.21. The third kappa shape index (κ3) is 4.57. The van der Waals surface area contributed by atoms with Crippen LogP contribution in [0, 0.1) is 0 Å². The van der Waals surface area contributed by atoms with E-state index in [0.717, 1.165) is 0 Å². The minimum atomic E-state index is -2.42. The lowest BCUT2D eigenvalue weighted by Crippen LogP contribution is -2.64. The minimum Gasteiger partial charge on any atom is -0.171 e. The molecule has 0 aromatic carbocycles. The Balaban J connectivity index is 5.39. The second-order valence-electron chi connectivity index (χ2n) is 3.92. The third-order valence-corrected chi connectivity index (χ3v) is 19.9. The summed E-state index contributed by atoms with van der Waals surface area (Å²) in [6.07, 6.45) is 0.554. The molecule has 0 aliphatic heterocycles. The maximum absolute atomic E-state index is 8.39. The van der Waals surface area contributed by atoms with Crippen LogP contribution >= 0.6 is 11.1 Å². The summed E-state index contributed by atoms with van der Waals surface area (Å²) in [5.74, 6) is 0. The van der Waals surface area contributed by atoms with Gasteiger partial charge in [0.1, 0.15) is 6.90 Å². The van der Waals surface area contributed by atoms with Crippen LogP contribution in [0.5, 0.6) is 0 Å². The van der Waals surface area contributed by atoms with E-state index in [2.05, 4.69) is 30.1 Å². The Kier molecular flexibility index (Phi) is 6.51. The van der Waals surface area contributed by atoms with Crippen LogP contribution in [0.15, 0.2) is 15.3 Å². The summed E-state index contributed by atoms with van der Waals surface area (Å²) in [5, 5.41) is 10.6. The summed E-state index contributed by atoms with van der Waals surface area (Å²) in [6.45, 7) is 1.53. The molecule has 0 bridgehead atoms. The van der Waals surface area contributed by atoms with E-state index < -0.39 is 14.5 Å². The Labute approximate surface area is 104 Å². The van der Waals surface area contributed by atoms with Gasteiger partial charge in [-0.15, -0.1) is 0 Å². The molecule has 0 atom stereocenters. The summed E-state index contributed by atoms with van der Waals surface area (Å²) >= 11 is 6.41. The molecule has 92 valence electrons. The SMILES string of the molecule is C[Si](C)(Cl)[Si](CN=[N+]=[N-])(CN=[N+]=[N-])CN=[N+]=[N-]. The van der Waals surface area contributed by atoms with Crippen LogP contribution in [0.2, 0.25) is 13.1 Å². The van der Waals surface area contributed by atoms with Gasteiger partial charge in [0.15, 0.2) is 0 Å². The van der Waals surface area contributed by atoms with Crippen molar-refractivity contribution in [2.75, 3.05) is 18.5 Å². The molecule has 0 rings (SSSR count). The molecule has 0 unspecified atom stereocenters. The van der Waals surface area contributed by atoms with Crippen molar-refractivity contribution in [1.29, 1.82) is 0 Å². The zero-order valence-electron chi connectivity index (χ0n) is 9.52. The van der Waals surface area contributed by atoms with Gasteiger partial charge in [0.05, 0.1) is 7.59 Å². The fraction of sp³-hybridized carbons (Fsp3) is 1.00. The van der Waals surface area contributed by atoms with Crippen molar-refractivity contribution in [3.05, 3.63) is 31.3 Å². The van der Waals surface area contributed by atoms with Crippen LogP contribution < -0.4 is 0 Å². The quantitative estimate of drug-likeness (QED) is 0.222. The lowest BCUT2D eigenvalue weighted by atomic mass is 11.4. The number of halogens is 1. The molecule has 9 nitrogen and oxygen atoms in total. The molecule has 0 saturated heterocycles. The maximum Gasteiger partial charge on any atom is 0.141 e. The Bertz CT molecular complexity index is 348. The molecule has 0 N–H and O–H groups in total. The lowest BCUT2D eigenvalue weighted by molar-refractivity contribution is 1.12. The van der Waals surface area contributed by atoms with Gasteiger partial charge in [-0.3, -0.25) is 0 Å². The molecule has 12 heteroatoms. The van der Waals surface area contributed by atoms with Crippen LogP contribution in [0.25, 0.3) is 31.3 Å². The highest BCUT2D eigenvalue weighted by atomic mass is 35.6. The molecule has 0 aliphatic carbocycles. The zero-order chi connectivity index (χ0) is 13.4. The predicted molar refractivity (Wildman–Crippen MR) is 71.1 cm³/mol. The fourth-order valence-corrected chi connectivity index (χ4v) is 9.28. The Morgan fingerprint density at radius 2 is 1.18 bits per heavy atom. The van der Waals surface area contributed by atoms with Crippen molar-refractivity contribution in [3.63, 3.8) is 0 Å². The number of rotatable bonds is 7. The van der Waals surface area contributed by atoms with Crippen molar-refractivity contribution in [1.82, 2.24) is 0 Å². The van der Waals surface area contributed by atoms with E-state index in [-0.39, 0.29) is 18.5 Å². The number of hydrogen-bond donors (Lipinski definition) is 0. The molecular formula is C5H12ClN9Si2. The van der Waals surface area contributed by atoms with E-state index in [1.807, 2.05) is 13.1 Å². The Morgan fingerprint density at radius 3 is 1.35 bits per heavy atom. The second kappa shape index (κ2) is 7.07. The molecule has 0 radical (unpaired) electrons. The third-order valence-electron chi connectivity index (χ3n) is 2.57. The first-order chi connectivity index (χ1) is 7.93. The van der Waals surface area contributed by atoms with Crippen molar-refractivity contribution in [2.24, 2.45) is 15.3 Å². The normalized spacial score (nSPS) is 13.6. The predicted octanol–water partition coefficient (Wildman–Crippen LogP) is 3.51. The van der Waals surface area contributed by atoms with E-state index in [9.17, 15) is 0 Å². The Hall–Kier alpha value is -1.35. The van der Waals surface area contributed by atoms with Gasteiger partial charge in [-0.2, -0.15) is 11.1 Å². The second-order valence-corrected chi connectivity index (χ2v) is 21.1. The maximum atomic E-state index is 8.39. The average molecular weight is 290 g/mol. The van der Waals surface area contributed by atoms with Crippen LogP contribution in [0.3, 0.4) is 0 Å².